The number of hydrogen-bond acceptors (Lipinski definition) is 2. The number of aliphatic hydroxyl groups excluding tert-OH is 1. The summed E-state index contributed by atoms with van der Waals surface area (Å²) in [5, 5.41) is 14.1. The fourth-order valence-corrected chi connectivity index (χ4v) is 3.25. The van der Waals surface area contributed by atoms with Gasteiger partial charge in [-0.3, -0.25) is 0 Å². The molecule has 0 spiro atoms. The minimum Gasteiger partial charge on any atom is -0.393 e. The van der Waals surface area contributed by atoms with E-state index in [1.807, 2.05) is 12.1 Å². The van der Waals surface area contributed by atoms with Crippen molar-refractivity contribution in [3.8, 4) is 0 Å². The van der Waals surface area contributed by atoms with Crippen LogP contribution >= 0.6 is 11.6 Å². The average Bonchev–Trinajstić information content (AvgIpc) is 2.50. The number of benzene rings is 1. The summed E-state index contributed by atoms with van der Waals surface area (Å²) in [6.07, 6.45) is 3.84. The predicted molar refractivity (Wildman–Crippen MR) is 94.4 cm³/mol. The van der Waals surface area contributed by atoms with Crippen LogP contribution in [0.5, 0.6) is 0 Å². The van der Waals surface area contributed by atoms with Crippen LogP contribution in [0.3, 0.4) is 0 Å². The van der Waals surface area contributed by atoms with Crippen LogP contribution in [0.25, 0.3) is 0 Å². The Balaban J connectivity index is 2.02. The molecular formula is C19H28ClNO. The lowest BCUT2D eigenvalue weighted by molar-refractivity contribution is 0.116. The molecule has 2 rings (SSSR count). The molecule has 0 radical (unpaired) electrons. The highest BCUT2D eigenvalue weighted by atomic mass is 35.5. The minimum atomic E-state index is -0.101. The van der Waals surface area contributed by atoms with Gasteiger partial charge in [0.05, 0.1) is 6.10 Å². The summed E-state index contributed by atoms with van der Waals surface area (Å²) in [6, 6.07) is 8.63. The first-order chi connectivity index (χ1) is 10.5. The van der Waals surface area contributed by atoms with Crippen LogP contribution in [0.1, 0.15) is 51.0 Å². The van der Waals surface area contributed by atoms with Gasteiger partial charge in [-0.05, 0) is 49.3 Å². The molecule has 3 heteroatoms. The van der Waals surface area contributed by atoms with Gasteiger partial charge in [0.15, 0.2) is 0 Å². The van der Waals surface area contributed by atoms with E-state index in [9.17, 15) is 5.11 Å². The molecule has 1 atom stereocenters. The molecule has 1 aliphatic rings. The van der Waals surface area contributed by atoms with Gasteiger partial charge in [-0.2, -0.15) is 0 Å². The van der Waals surface area contributed by atoms with Gasteiger partial charge in [0.25, 0.3) is 0 Å². The molecule has 1 aromatic rings. The highest BCUT2D eigenvalue weighted by Gasteiger charge is 2.22. The van der Waals surface area contributed by atoms with Crippen molar-refractivity contribution in [3.05, 3.63) is 47.0 Å². The molecule has 2 N–H and O–H groups in total. The highest BCUT2D eigenvalue weighted by Crippen LogP contribution is 2.29. The van der Waals surface area contributed by atoms with Crippen molar-refractivity contribution in [2.75, 3.05) is 6.54 Å². The third-order valence-corrected chi connectivity index (χ3v) is 5.02. The van der Waals surface area contributed by atoms with E-state index in [4.69, 9.17) is 11.6 Å². The van der Waals surface area contributed by atoms with Gasteiger partial charge in [-0.25, -0.2) is 0 Å². The van der Waals surface area contributed by atoms with Crippen molar-refractivity contribution < 1.29 is 5.11 Å². The zero-order valence-electron chi connectivity index (χ0n) is 13.7. The molecule has 0 amide bonds. The van der Waals surface area contributed by atoms with Crippen LogP contribution in [-0.2, 0) is 0 Å². The smallest absolute Gasteiger partial charge is 0.0541 e. The number of hydrogen-bond donors (Lipinski definition) is 2. The Kier molecular flexibility index (Phi) is 6.49. The van der Waals surface area contributed by atoms with E-state index in [-0.39, 0.29) is 6.10 Å². The van der Waals surface area contributed by atoms with Crippen LogP contribution < -0.4 is 5.32 Å². The Morgan fingerprint density at radius 2 is 1.82 bits per heavy atom. The van der Waals surface area contributed by atoms with Gasteiger partial charge in [-0.1, -0.05) is 49.7 Å². The maximum atomic E-state index is 9.61. The van der Waals surface area contributed by atoms with Gasteiger partial charge in [0, 0.05) is 23.5 Å². The van der Waals surface area contributed by atoms with Crippen molar-refractivity contribution in [3.63, 3.8) is 0 Å². The summed E-state index contributed by atoms with van der Waals surface area (Å²) < 4.78 is 0. The van der Waals surface area contributed by atoms with Crippen molar-refractivity contribution >= 4 is 11.6 Å². The second-order valence-electron chi connectivity index (χ2n) is 6.75. The molecule has 122 valence electrons. The molecule has 0 heterocycles. The molecule has 0 unspecified atom stereocenters. The van der Waals surface area contributed by atoms with E-state index in [0.717, 1.165) is 37.3 Å². The summed E-state index contributed by atoms with van der Waals surface area (Å²) in [5.74, 6) is 0.764. The van der Waals surface area contributed by atoms with Crippen molar-refractivity contribution in [1.29, 1.82) is 0 Å². The van der Waals surface area contributed by atoms with Crippen LogP contribution in [0.4, 0.5) is 0 Å². The first-order valence-corrected chi connectivity index (χ1v) is 8.70. The van der Waals surface area contributed by atoms with Gasteiger partial charge < -0.3 is 10.4 Å². The number of halogens is 1. The lowest BCUT2D eigenvalue weighted by Gasteiger charge is -2.30. The molecule has 0 bridgehead atoms. The molecule has 2 nitrogen and oxygen atoms in total. The molecular weight excluding hydrogens is 294 g/mol. The van der Waals surface area contributed by atoms with Gasteiger partial charge in [-0.15, -0.1) is 0 Å². The first-order valence-electron chi connectivity index (χ1n) is 8.33. The second-order valence-corrected chi connectivity index (χ2v) is 7.18. The molecule has 0 aromatic heterocycles. The third-order valence-electron chi connectivity index (χ3n) is 4.77. The van der Waals surface area contributed by atoms with Gasteiger partial charge in [0.2, 0.25) is 0 Å². The van der Waals surface area contributed by atoms with Gasteiger partial charge >= 0.3 is 0 Å². The summed E-state index contributed by atoms with van der Waals surface area (Å²) in [5.41, 5.74) is 2.53. The fraction of sp³-hybridized carbons (Fsp3) is 0.579. The van der Waals surface area contributed by atoms with E-state index in [0.29, 0.717) is 17.9 Å². The Hall–Kier alpha value is -0.830. The molecule has 22 heavy (non-hydrogen) atoms. The van der Waals surface area contributed by atoms with Crippen molar-refractivity contribution in [2.24, 2.45) is 5.92 Å². The van der Waals surface area contributed by atoms with Crippen LogP contribution in [-0.4, -0.2) is 23.8 Å². The Bertz CT molecular complexity index is 475. The normalized spacial score (nSPS) is 23.5. The first kappa shape index (κ1) is 17.5. The van der Waals surface area contributed by atoms with E-state index >= 15 is 0 Å². The molecule has 0 saturated heterocycles. The third kappa shape index (κ3) is 4.84. The van der Waals surface area contributed by atoms with Crippen LogP contribution in [0, 0.1) is 5.92 Å². The molecule has 1 aliphatic carbocycles. The Labute approximate surface area is 139 Å². The number of aliphatic hydroxyl groups is 1. The maximum absolute atomic E-state index is 9.61. The molecule has 1 fully saturated rings. The second kappa shape index (κ2) is 8.14. The average molecular weight is 322 g/mol. The lowest BCUT2D eigenvalue weighted by atomic mass is 9.85. The van der Waals surface area contributed by atoms with Crippen molar-refractivity contribution in [1.82, 2.24) is 5.32 Å². The molecule has 1 saturated carbocycles. The largest absolute Gasteiger partial charge is 0.393 e. The maximum Gasteiger partial charge on any atom is 0.0541 e. The van der Waals surface area contributed by atoms with Crippen molar-refractivity contribution in [2.45, 2.75) is 57.6 Å². The van der Waals surface area contributed by atoms with E-state index in [1.165, 1.54) is 11.1 Å². The fourth-order valence-electron chi connectivity index (χ4n) is 3.12. The van der Waals surface area contributed by atoms with E-state index < -0.39 is 0 Å². The zero-order chi connectivity index (χ0) is 16.1. The van der Waals surface area contributed by atoms with Gasteiger partial charge in [0.1, 0.15) is 0 Å². The summed E-state index contributed by atoms with van der Waals surface area (Å²) in [4.78, 5) is 0. The topological polar surface area (TPSA) is 32.3 Å². The van der Waals surface area contributed by atoms with E-state index in [1.54, 1.807) is 0 Å². The summed E-state index contributed by atoms with van der Waals surface area (Å²) in [7, 11) is 0. The summed E-state index contributed by atoms with van der Waals surface area (Å²) >= 11 is 6.01. The Morgan fingerprint density at radius 1 is 1.23 bits per heavy atom. The van der Waals surface area contributed by atoms with E-state index in [2.05, 4.69) is 37.9 Å². The number of nitrogens with one attached hydrogen (secondary N) is 1. The quantitative estimate of drug-likeness (QED) is 0.754. The minimum absolute atomic E-state index is 0.101. The summed E-state index contributed by atoms with van der Waals surface area (Å²) in [6.45, 7) is 9.61. The molecule has 0 aliphatic heterocycles. The monoisotopic (exact) mass is 321 g/mol. The molecule has 1 aromatic carbocycles. The van der Waals surface area contributed by atoms with Crippen LogP contribution in [0.15, 0.2) is 36.4 Å². The number of rotatable bonds is 6. The lowest BCUT2D eigenvalue weighted by Crippen LogP contribution is -2.37. The SMILES string of the molecule is C=C(C(C)C)[C@H](CNC1CCC(O)CC1)c1ccc(Cl)cc1. The Morgan fingerprint density at radius 3 is 2.36 bits per heavy atom. The highest BCUT2D eigenvalue weighted by molar-refractivity contribution is 6.30. The van der Waals surface area contributed by atoms with Crippen LogP contribution in [0.2, 0.25) is 5.02 Å². The predicted octanol–water partition coefficient (Wildman–Crippen LogP) is 4.53. The standard InChI is InChI=1S/C19H28ClNO/c1-13(2)14(3)19(15-4-6-16(20)7-5-15)12-21-17-8-10-18(22)11-9-17/h4-7,13,17-19,21-22H,3,8-12H2,1-2H3/t17?,18?,19-/m0/s1. The zero-order valence-corrected chi connectivity index (χ0v) is 14.4.